The molecule has 0 aliphatic rings. The van der Waals surface area contributed by atoms with Crippen molar-refractivity contribution in [3.05, 3.63) is 47.7 Å². The summed E-state index contributed by atoms with van der Waals surface area (Å²) in [6, 6.07) is 9.54. The summed E-state index contributed by atoms with van der Waals surface area (Å²) in [6.45, 7) is -0.0876. The average Bonchev–Trinajstić information content (AvgIpc) is 2.78. The second-order valence-electron chi connectivity index (χ2n) is 3.33. The molecule has 0 radical (unpaired) electrons. The van der Waals surface area contributed by atoms with E-state index in [2.05, 4.69) is 0 Å². The van der Waals surface area contributed by atoms with Crippen LogP contribution in [-0.2, 0) is 6.61 Å². The fourth-order valence-electron chi connectivity index (χ4n) is 1.31. The van der Waals surface area contributed by atoms with Crippen molar-refractivity contribution in [1.82, 2.24) is 0 Å². The lowest BCUT2D eigenvalue weighted by Gasteiger charge is -2.03. The van der Waals surface area contributed by atoms with Crippen LogP contribution in [0.25, 0.3) is 0 Å². The van der Waals surface area contributed by atoms with Crippen LogP contribution in [0.15, 0.2) is 40.8 Å². The van der Waals surface area contributed by atoms with Gasteiger partial charge in [-0.05, 0) is 23.8 Å². The summed E-state index contributed by atoms with van der Waals surface area (Å²) in [6.07, 6.45) is 0. The summed E-state index contributed by atoms with van der Waals surface area (Å²) in [5.41, 5.74) is 0.701. The zero-order valence-corrected chi connectivity index (χ0v) is 8.79. The highest BCUT2D eigenvalue weighted by Crippen LogP contribution is 2.24. The predicted molar refractivity (Wildman–Crippen MR) is 58.1 cm³/mol. The smallest absolute Gasteiger partial charge is 0.371 e. The zero-order valence-electron chi connectivity index (χ0n) is 8.79. The SMILES string of the molecule is O=C(O)c1ccc(Oc2cccc(CO)c2)o1. The molecule has 0 aliphatic carbocycles. The summed E-state index contributed by atoms with van der Waals surface area (Å²) in [7, 11) is 0. The molecule has 2 N–H and O–H groups in total. The van der Waals surface area contributed by atoms with Crippen molar-refractivity contribution in [3.8, 4) is 11.7 Å². The number of benzene rings is 1. The average molecular weight is 234 g/mol. The lowest BCUT2D eigenvalue weighted by molar-refractivity contribution is 0.0657. The van der Waals surface area contributed by atoms with Crippen LogP contribution in [0.1, 0.15) is 16.1 Å². The van der Waals surface area contributed by atoms with E-state index in [4.69, 9.17) is 19.4 Å². The minimum Gasteiger partial charge on any atom is -0.475 e. The number of aromatic carboxylic acids is 1. The predicted octanol–water partition coefficient (Wildman–Crippen LogP) is 2.26. The molecule has 5 nitrogen and oxygen atoms in total. The number of aliphatic hydroxyl groups excluding tert-OH is 1. The molecule has 0 saturated heterocycles. The topological polar surface area (TPSA) is 79.9 Å². The lowest BCUT2D eigenvalue weighted by Crippen LogP contribution is -1.91. The number of carbonyl (C=O) groups is 1. The summed E-state index contributed by atoms with van der Waals surface area (Å²) in [4.78, 5) is 10.6. The molecular formula is C12H10O5. The molecular weight excluding hydrogens is 224 g/mol. The van der Waals surface area contributed by atoms with Crippen LogP contribution in [0.3, 0.4) is 0 Å². The van der Waals surface area contributed by atoms with Crippen LogP contribution < -0.4 is 4.74 Å². The molecule has 88 valence electrons. The fraction of sp³-hybridized carbons (Fsp3) is 0.0833. The number of carboxylic acids is 1. The molecule has 0 spiro atoms. The Labute approximate surface area is 96.9 Å². The molecule has 2 aromatic rings. The van der Waals surface area contributed by atoms with Crippen LogP contribution >= 0.6 is 0 Å². The van der Waals surface area contributed by atoms with Gasteiger partial charge in [-0.25, -0.2) is 4.79 Å². The van der Waals surface area contributed by atoms with E-state index in [0.717, 1.165) is 0 Å². The Kier molecular flexibility index (Phi) is 3.11. The van der Waals surface area contributed by atoms with Crippen molar-refractivity contribution in [1.29, 1.82) is 0 Å². The van der Waals surface area contributed by atoms with Gasteiger partial charge in [0.15, 0.2) is 0 Å². The maximum Gasteiger partial charge on any atom is 0.371 e. The van der Waals surface area contributed by atoms with Crippen molar-refractivity contribution < 1.29 is 24.2 Å². The van der Waals surface area contributed by atoms with Crippen molar-refractivity contribution >= 4 is 5.97 Å². The summed E-state index contributed by atoms with van der Waals surface area (Å²) < 4.78 is 10.2. The molecule has 1 aromatic heterocycles. The first kappa shape index (κ1) is 11.2. The first-order valence-corrected chi connectivity index (χ1v) is 4.90. The number of furan rings is 1. The maximum absolute atomic E-state index is 10.6. The Morgan fingerprint density at radius 2 is 2.12 bits per heavy atom. The normalized spacial score (nSPS) is 10.2. The highest BCUT2D eigenvalue weighted by atomic mass is 16.6. The Bertz CT molecular complexity index is 529. The third kappa shape index (κ3) is 2.64. The molecule has 0 fully saturated rings. The molecule has 17 heavy (non-hydrogen) atoms. The number of rotatable bonds is 4. The van der Waals surface area contributed by atoms with Gasteiger partial charge in [-0.3, -0.25) is 0 Å². The summed E-state index contributed by atoms with van der Waals surface area (Å²) in [5, 5.41) is 17.6. The van der Waals surface area contributed by atoms with Crippen LogP contribution in [0.4, 0.5) is 0 Å². The van der Waals surface area contributed by atoms with Crippen LogP contribution in [0.5, 0.6) is 11.7 Å². The van der Waals surface area contributed by atoms with E-state index in [0.29, 0.717) is 11.3 Å². The highest BCUT2D eigenvalue weighted by molar-refractivity contribution is 5.84. The largest absolute Gasteiger partial charge is 0.475 e. The minimum absolute atomic E-state index is 0.0876. The number of aliphatic hydroxyl groups is 1. The van der Waals surface area contributed by atoms with Gasteiger partial charge in [0, 0.05) is 6.07 Å². The molecule has 0 unspecified atom stereocenters. The van der Waals surface area contributed by atoms with E-state index in [1.807, 2.05) is 0 Å². The molecule has 2 rings (SSSR count). The molecule has 0 atom stereocenters. The molecule has 0 bridgehead atoms. The highest BCUT2D eigenvalue weighted by Gasteiger charge is 2.10. The Hall–Kier alpha value is -2.27. The first-order valence-electron chi connectivity index (χ1n) is 4.90. The second-order valence-corrected chi connectivity index (χ2v) is 3.33. The first-order chi connectivity index (χ1) is 8.19. The van der Waals surface area contributed by atoms with E-state index < -0.39 is 5.97 Å². The molecule has 1 heterocycles. The third-order valence-electron chi connectivity index (χ3n) is 2.09. The molecule has 0 amide bonds. The van der Waals surface area contributed by atoms with Crippen molar-refractivity contribution in [3.63, 3.8) is 0 Å². The molecule has 0 aliphatic heterocycles. The van der Waals surface area contributed by atoms with E-state index in [1.54, 1.807) is 24.3 Å². The fourth-order valence-corrected chi connectivity index (χ4v) is 1.31. The number of carboxylic acid groups (broad SMARTS) is 1. The van der Waals surface area contributed by atoms with Gasteiger partial charge < -0.3 is 19.4 Å². The molecule has 1 aromatic carbocycles. The molecule has 0 saturated carbocycles. The summed E-state index contributed by atoms with van der Waals surface area (Å²) >= 11 is 0. The number of hydrogen-bond donors (Lipinski definition) is 2. The monoisotopic (exact) mass is 234 g/mol. The van der Waals surface area contributed by atoms with Gasteiger partial charge >= 0.3 is 5.97 Å². The van der Waals surface area contributed by atoms with Gasteiger partial charge in [-0.2, -0.15) is 0 Å². The van der Waals surface area contributed by atoms with Gasteiger partial charge in [-0.1, -0.05) is 12.1 Å². The van der Waals surface area contributed by atoms with Gasteiger partial charge in [0.25, 0.3) is 5.95 Å². The third-order valence-corrected chi connectivity index (χ3v) is 2.09. The Morgan fingerprint density at radius 1 is 1.29 bits per heavy atom. The Balaban J connectivity index is 2.16. The minimum atomic E-state index is -1.15. The van der Waals surface area contributed by atoms with E-state index >= 15 is 0 Å². The quantitative estimate of drug-likeness (QED) is 0.848. The van der Waals surface area contributed by atoms with Gasteiger partial charge in [0.05, 0.1) is 6.61 Å². The maximum atomic E-state index is 10.6. The summed E-state index contributed by atoms with van der Waals surface area (Å²) in [5.74, 6) is -0.761. The van der Waals surface area contributed by atoms with Gasteiger partial charge in [0.1, 0.15) is 5.75 Å². The van der Waals surface area contributed by atoms with Crippen LogP contribution in [-0.4, -0.2) is 16.2 Å². The molecule has 5 heteroatoms. The Morgan fingerprint density at radius 3 is 2.76 bits per heavy atom. The number of hydrogen-bond acceptors (Lipinski definition) is 4. The van der Waals surface area contributed by atoms with E-state index in [-0.39, 0.29) is 18.3 Å². The van der Waals surface area contributed by atoms with Gasteiger partial charge in [0.2, 0.25) is 5.76 Å². The van der Waals surface area contributed by atoms with Crippen molar-refractivity contribution in [2.24, 2.45) is 0 Å². The second kappa shape index (κ2) is 4.71. The van der Waals surface area contributed by atoms with Crippen LogP contribution in [0, 0.1) is 0 Å². The number of ether oxygens (including phenoxy) is 1. The zero-order chi connectivity index (χ0) is 12.3. The lowest BCUT2D eigenvalue weighted by atomic mass is 10.2. The van der Waals surface area contributed by atoms with E-state index in [9.17, 15) is 4.79 Å². The van der Waals surface area contributed by atoms with Gasteiger partial charge in [-0.15, -0.1) is 0 Å². The van der Waals surface area contributed by atoms with Crippen molar-refractivity contribution in [2.75, 3.05) is 0 Å². The standard InChI is InChI=1S/C12H10O5/c13-7-8-2-1-3-9(6-8)16-11-5-4-10(17-11)12(14)15/h1-6,13H,7H2,(H,14,15). The van der Waals surface area contributed by atoms with Crippen molar-refractivity contribution in [2.45, 2.75) is 6.61 Å². The van der Waals surface area contributed by atoms with Crippen LogP contribution in [0.2, 0.25) is 0 Å². The van der Waals surface area contributed by atoms with E-state index in [1.165, 1.54) is 12.1 Å².